The van der Waals surface area contributed by atoms with E-state index in [1.807, 2.05) is 0 Å². The van der Waals surface area contributed by atoms with Gasteiger partial charge in [-0.05, 0) is 6.92 Å². The number of allylic oxidation sites excluding steroid dienone is 1. The topological polar surface area (TPSA) is 88.3 Å². The molecule has 0 spiro atoms. The molecule has 0 rings (SSSR count). The van der Waals surface area contributed by atoms with Crippen LogP contribution < -0.4 is 0 Å². The molecule has 0 saturated heterocycles. The lowest BCUT2D eigenvalue weighted by atomic mass is 10.4. The van der Waals surface area contributed by atoms with Crippen molar-refractivity contribution in [2.24, 2.45) is 10.2 Å². The van der Waals surface area contributed by atoms with E-state index in [1.54, 1.807) is 0 Å². The summed E-state index contributed by atoms with van der Waals surface area (Å²) in [6.07, 6.45) is -0.0416. The molecule has 0 bridgehead atoms. The van der Waals surface area contributed by atoms with Gasteiger partial charge < -0.3 is 9.84 Å². The zero-order valence-corrected chi connectivity index (χ0v) is 6.64. The van der Waals surface area contributed by atoms with Crippen LogP contribution in [-0.4, -0.2) is 24.3 Å². The van der Waals surface area contributed by atoms with Crippen molar-refractivity contribution in [1.29, 1.82) is 0 Å². The average molecular weight is 172 g/mol. The van der Waals surface area contributed by atoms with Crippen LogP contribution in [0.2, 0.25) is 0 Å². The third-order valence-electron chi connectivity index (χ3n) is 0.796. The molecule has 0 aliphatic carbocycles. The Hall–Kier alpha value is -1.72. The lowest BCUT2D eigenvalue weighted by Crippen LogP contribution is -1.91. The summed E-state index contributed by atoms with van der Waals surface area (Å²) in [5, 5.41) is 14.5. The molecule has 6 heteroatoms. The highest BCUT2D eigenvalue weighted by Gasteiger charge is 1.95. The number of aliphatic carboxylic acids is 1. The largest absolute Gasteiger partial charge is 0.478 e. The van der Waals surface area contributed by atoms with E-state index >= 15 is 0 Å². The van der Waals surface area contributed by atoms with Gasteiger partial charge in [0.05, 0.1) is 12.8 Å². The van der Waals surface area contributed by atoms with Crippen LogP contribution in [0.15, 0.2) is 22.0 Å². The number of nitrogens with zero attached hydrogens (tertiary/aromatic N) is 2. The Morgan fingerprint density at radius 3 is 2.42 bits per heavy atom. The second-order valence-corrected chi connectivity index (χ2v) is 1.79. The van der Waals surface area contributed by atoms with Crippen LogP contribution in [0.1, 0.15) is 6.92 Å². The molecule has 0 aromatic rings. The molecule has 0 aromatic heterocycles. The number of carbonyl (C=O) groups excluding carboxylic acids is 1. The number of amides is 1. The van der Waals surface area contributed by atoms with Gasteiger partial charge in [-0.15, -0.1) is 5.11 Å². The smallest absolute Gasteiger partial charge is 0.452 e. The number of ether oxygens (including phenoxy) is 1. The Morgan fingerprint density at radius 2 is 2.00 bits per heavy atom. The molecule has 1 amide bonds. The second kappa shape index (κ2) is 5.00. The van der Waals surface area contributed by atoms with E-state index in [9.17, 15) is 9.59 Å². The minimum absolute atomic E-state index is 0.118. The summed E-state index contributed by atoms with van der Waals surface area (Å²) in [5.74, 6) is -1.14. The fraction of sp³-hybridized carbons (Fsp3) is 0.333. The molecule has 6 nitrogen and oxygen atoms in total. The maximum absolute atomic E-state index is 10.3. The maximum atomic E-state index is 10.3. The van der Waals surface area contributed by atoms with Crippen molar-refractivity contribution >= 4 is 12.1 Å². The number of methoxy groups -OCH3 is 1. The molecule has 0 saturated carbocycles. The summed E-state index contributed by atoms with van der Waals surface area (Å²) in [7, 11) is 1.15. The molecule has 0 radical (unpaired) electrons. The zero-order valence-electron chi connectivity index (χ0n) is 6.64. The Labute approximate surface area is 68.6 Å². The molecule has 0 atom stereocenters. The number of carbonyl (C=O) groups is 2. The molecule has 0 heterocycles. The van der Waals surface area contributed by atoms with Gasteiger partial charge in [-0.3, -0.25) is 0 Å². The van der Waals surface area contributed by atoms with Crippen molar-refractivity contribution in [2.75, 3.05) is 7.11 Å². The van der Waals surface area contributed by atoms with E-state index in [2.05, 4.69) is 15.0 Å². The number of hydrogen-bond acceptors (Lipinski definition) is 4. The zero-order chi connectivity index (χ0) is 9.56. The van der Waals surface area contributed by atoms with Gasteiger partial charge in [-0.25, -0.2) is 9.59 Å². The SMILES string of the molecule is COC(=O)N=NC(C)=CC(=O)O. The summed E-state index contributed by atoms with van der Waals surface area (Å²) in [6.45, 7) is 1.40. The van der Waals surface area contributed by atoms with Crippen LogP contribution in [0, 0.1) is 0 Å². The van der Waals surface area contributed by atoms with E-state index in [0.717, 1.165) is 13.2 Å². The van der Waals surface area contributed by atoms with Crippen molar-refractivity contribution < 1.29 is 19.4 Å². The van der Waals surface area contributed by atoms with E-state index in [0.29, 0.717) is 0 Å². The summed E-state index contributed by atoms with van der Waals surface area (Å²) in [6, 6.07) is 0. The molecule has 0 aliphatic rings. The number of hydrogen-bond donors (Lipinski definition) is 1. The molecular weight excluding hydrogens is 164 g/mol. The van der Waals surface area contributed by atoms with Crippen molar-refractivity contribution in [3.8, 4) is 0 Å². The van der Waals surface area contributed by atoms with Gasteiger partial charge in [0.2, 0.25) is 0 Å². The molecule has 12 heavy (non-hydrogen) atoms. The first-order valence-corrected chi connectivity index (χ1v) is 2.97. The van der Waals surface area contributed by atoms with E-state index in [-0.39, 0.29) is 5.70 Å². The van der Waals surface area contributed by atoms with Crippen LogP contribution in [0.5, 0.6) is 0 Å². The second-order valence-electron chi connectivity index (χ2n) is 1.79. The molecule has 66 valence electrons. The first kappa shape index (κ1) is 10.3. The monoisotopic (exact) mass is 172 g/mol. The van der Waals surface area contributed by atoms with E-state index in [4.69, 9.17) is 5.11 Å². The van der Waals surface area contributed by atoms with E-state index in [1.165, 1.54) is 6.92 Å². The van der Waals surface area contributed by atoms with Crippen molar-refractivity contribution in [1.82, 2.24) is 0 Å². The van der Waals surface area contributed by atoms with Gasteiger partial charge in [0, 0.05) is 6.08 Å². The highest BCUT2D eigenvalue weighted by atomic mass is 16.5. The Balaban J connectivity index is 4.17. The van der Waals surface area contributed by atoms with Crippen molar-refractivity contribution in [3.63, 3.8) is 0 Å². The average Bonchev–Trinajstić information content (AvgIpc) is 1.99. The van der Waals surface area contributed by atoms with Crippen LogP contribution in [0.4, 0.5) is 4.79 Å². The molecule has 0 unspecified atom stereocenters. The van der Waals surface area contributed by atoms with Gasteiger partial charge in [-0.1, -0.05) is 5.11 Å². The molecule has 1 N–H and O–H groups in total. The lowest BCUT2D eigenvalue weighted by Gasteiger charge is -1.88. The highest BCUT2D eigenvalue weighted by molar-refractivity contribution is 5.80. The number of azo groups is 1. The number of carboxylic acid groups (broad SMARTS) is 1. The fourth-order valence-electron chi connectivity index (χ4n) is 0.368. The van der Waals surface area contributed by atoms with Crippen molar-refractivity contribution in [2.45, 2.75) is 6.92 Å². The standard InChI is InChI=1S/C6H8N2O4/c1-4(3-5(9)10)7-8-6(11)12-2/h3H,1-2H3,(H,9,10). The highest BCUT2D eigenvalue weighted by Crippen LogP contribution is 1.95. The summed E-state index contributed by atoms with van der Waals surface area (Å²) in [5.41, 5.74) is 0.118. The maximum Gasteiger partial charge on any atom is 0.452 e. The fourth-order valence-corrected chi connectivity index (χ4v) is 0.368. The molecule has 0 aliphatic heterocycles. The van der Waals surface area contributed by atoms with Gasteiger partial charge >= 0.3 is 12.1 Å². The van der Waals surface area contributed by atoms with Crippen LogP contribution in [-0.2, 0) is 9.53 Å². The first-order chi connectivity index (χ1) is 5.56. The van der Waals surface area contributed by atoms with Crippen LogP contribution >= 0.6 is 0 Å². The minimum Gasteiger partial charge on any atom is -0.478 e. The summed E-state index contributed by atoms with van der Waals surface area (Å²) >= 11 is 0. The normalized spacial score (nSPS) is 11.7. The Bertz CT molecular complexity index is 244. The molecule has 0 fully saturated rings. The third-order valence-corrected chi connectivity index (χ3v) is 0.796. The predicted octanol–water partition coefficient (Wildman–Crippen LogP) is 1.19. The van der Waals surface area contributed by atoms with Crippen LogP contribution in [0.3, 0.4) is 0 Å². The first-order valence-electron chi connectivity index (χ1n) is 2.97. The lowest BCUT2D eigenvalue weighted by molar-refractivity contribution is -0.131. The summed E-state index contributed by atoms with van der Waals surface area (Å²) in [4.78, 5) is 20.4. The predicted molar refractivity (Wildman–Crippen MR) is 38.7 cm³/mol. The van der Waals surface area contributed by atoms with Gasteiger partial charge in [0.25, 0.3) is 0 Å². The van der Waals surface area contributed by atoms with Gasteiger partial charge in [0.15, 0.2) is 0 Å². The van der Waals surface area contributed by atoms with Crippen LogP contribution in [0.25, 0.3) is 0 Å². The number of rotatable bonds is 2. The van der Waals surface area contributed by atoms with Crippen molar-refractivity contribution in [3.05, 3.63) is 11.8 Å². The van der Waals surface area contributed by atoms with Gasteiger partial charge in [0.1, 0.15) is 0 Å². The molecule has 0 aromatic carbocycles. The Morgan fingerprint density at radius 1 is 1.42 bits per heavy atom. The van der Waals surface area contributed by atoms with Gasteiger partial charge in [-0.2, -0.15) is 0 Å². The summed E-state index contributed by atoms with van der Waals surface area (Å²) < 4.78 is 4.13. The third kappa shape index (κ3) is 5.10. The Kier molecular flexibility index (Phi) is 4.28. The van der Waals surface area contributed by atoms with E-state index < -0.39 is 12.1 Å². The quantitative estimate of drug-likeness (QED) is 0.500. The molecular formula is C6H8N2O4. The minimum atomic E-state index is -1.14. The number of carboxylic acids is 1.